The Morgan fingerprint density at radius 3 is 2.48 bits per heavy atom. The van der Waals surface area contributed by atoms with Gasteiger partial charge in [0.05, 0.1) is 16.0 Å². The molecule has 2 rings (SSSR count). The van der Waals surface area contributed by atoms with Crippen LogP contribution in [0.25, 0.3) is 0 Å². The lowest BCUT2D eigenvalue weighted by molar-refractivity contribution is -0.384. The first-order chi connectivity index (χ1) is 9.81. The predicted octanol–water partition coefficient (Wildman–Crippen LogP) is 0.389. The molecule has 9 nitrogen and oxygen atoms in total. The van der Waals surface area contributed by atoms with Crippen molar-refractivity contribution in [3.05, 3.63) is 46.1 Å². The Bertz CT molecular complexity index is 766. The molecule has 1 heterocycles. The second-order valence-electron chi connectivity index (χ2n) is 4.25. The molecule has 0 unspecified atom stereocenters. The van der Waals surface area contributed by atoms with Crippen LogP contribution in [0.15, 0.2) is 35.4 Å². The van der Waals surface area contributed by atoms with Gasteiger partial charge in [0, 0.05) is 31.3 Å². The largest absolute Gasteiger partial charge is 0.384 e. The van der Waals surface area contributed by atoms with Crippen LogP contribution in [0.5, 0.6) is 0 Å². The summed E-state index contributed by atoms with van der Waals surface area (Å²) in [5, 5.41) is 14.4. The molecular weight excluding hydrogens is 298 g/mol. The molecule has 21 heavy (non-hydrogen) atoms. The number of anilines is 1. The molecule has 10 heteroatoms. The van der Waals surface area contributed by atoms with Crippen molar-refractivity contribution in [2.75, 3.05) is 5.73 Å². The molecule has 1 aromatic carbocycles. The van der Waals surface area contributed by atoms with E-state index in [1.165, 1.54) is 23.0 Å². The topological polar surface area (TPSA) is 133 Å². The summed E-state index contributed by atoms with van der Waals surface area (Å²) in [4.78, 5) is 9.87. The van der Waals surface area contributed by atoms with E-state index in [0.717, 1.165) is 12.1 Å². The average Bonchev–Trinajstić information content (AvgIpc) is 2.77. The molecule has 0 fully saturated rings. The normalized spacial score (nSPS) is 11.5. The first kappa shape index (κ1) is 14.9. The number of nitrogens with zero attached hydrogens (tertiary/aromatic N) is 3. The number of non-ortho nitro benzene ring substituents is 1. The maximum Gasteiger partial charge on any atom is 0.269 e. The molecule has 0 aliphatic rings. The fourth-order valence-corrected chi connectivity index (χ4v) is 2.64. The molecule has 112 valence electrons. The molecule has 3 N–H and O–H groups in total. The zero-order chi connectivity index (χ0) is 15.6. The number of sulfonamides is 1. The second kappa shape index (κ2) is 5.50. The third kappa shape index (κ3) is 3.17. The van der Waals surface area contributed by atoms with E-state index in [4.69, 9.17) is 5.73 Å². The number of aromatic nitrogens is 2. The Morgan fingerprint density at radius 2 is 2.00 bits per heavy atom. The third-order valence-corrected chi connectivity index (χ3v) is 4.29. The van der Waals surface area contributed by atoms with Gasteiger partial charge in [-0.1, -0.05) is 0 Å². The molecule has 0 saturated heterocycles. The van der Waals surface area contributed by atoms with Crippen molar-refractivity contribution in [3.63, 3.8) is 0 Å². The van der Waals surface area contributed by atoms with Gasteiger partial charge in [-0.05, 0) is 12.1 Å². The zero-order valence-electron chi connectivity index (χ0n) is 11.1. The van der Waals surface area contributed by atoms with Gasteiger partial charge in [0.15, 0.2) is 0 Å². The Balaban J connectivity index is 2.15. The highest BCUT2D eigenvalue weighted by Crippen LogP contribution is 2.16. The number of hydrogen-bond donors (Lipinski definition) is 2. The van der Waals surface area contributed by atoms with Crippen LogP contribution in [0, 0.1) is 10.1 Å². The van der Waals surface area contributed by atoms with Crippen LogP contribution in [0.3, 0.4) is 0 Å². The summed E-state index contributed by atoms with van der Waals surface area (Å²) in [5.74, 6) is 0.362. The number of nitrogens with one attached hydrogen (secondary N) is 1. The molecule has 0 aliphatic heterocycles. The van der Waals surface area contributed by atoms with E-state index in [1.807, 2.05) is 0 Å². The number of hydrogen-bond acceptors (Lipinski definition) is 6. The summed E-state index contributed by atoms with van der Waals surface area (Å²) in [5.41, 5.74) is 6.08. The third-order valence-electron chi connectivity index (χ3n) is 2.87. The van der Waals surface area contributed by atoms with Crippen molar-refractivity contribution >= 4 is 21.5 Å². The van der Waals surface area contributed by atoms with E-state index >= 15 is 0 Å². The number of nitrogen functional groups attached to an aromatic ring is 1. The predicted molar refractivity (Wildman–Crippen MR) is 74.7 cm³/mol. The summed E-state index contributed by atoms with van der Waals surface area (Å²) in [6, 6.07) is 4.61. The first-order valence-electron chi connectivity index (χ1n) is 5.82. The van der Waals surface area contributed by atoms with Crippen LogP contribution in [-0.2, 0) is 23.6 Å². The van der Waals surface area contributed by atoms with Crippen LogP contribution in [0.4, 0.5) is 11.5 Å². The van der Waals surface area contributed by atoms with Crippen LogP contribution in [-0.4, -0.2) is 23.1 Å². The number of rotatable bonds is 5. The minimum Gasteiger partial charge on any atom is -0.384 e. The van der Waals surface area contributed by atoms with Crippen molar-refractivity contribution < 1.29 is 13.3 Å². The molecule has 2 aromatic rings. The van der Waals surface area contributed by atoms with Gasteiger partial charge in [-0.25, -0.2) is 13.1 Å². The quantitative estimate of drug-likeness (QED) is 0.606. The van der Waals surface area contributed by atoms with E-state index in [1.54, 1.807) is 7.05 Å². The highest BCUT2D eigenvalue weighted by molar-refractivity contribution is 7.89. The maximum atomic E-state index is 12.1. The summed E-state index contributed by atoms with van der Waals surface area (Å²) >= 11 is 0. The lowest BCUT2D eigenvalue weighted by atomic mass is 10.3. The number of nitro benzene ring substituents is 1. The van der Waals surface area contributed by atoms with E-state index in [-0.39, 0.29) is 17.1 Å². The number of benzene rings is 1. The molecular formula is C11H13N5O4S. The molecule has 0 atom stereocenters. The molecule has 1 aromatic heterocycles. The lowest BCUT2D eigenvalue weighted by Crippen LogP contribution is -2.23. The van der Waals surface area contributed by atoms with Crippen LogP contribution < -0.4 is 10.5 Å². The fraction of sp³-hybridized carbons (Fsp3) is 0.182. The van der Waals surface area contributed by atoms with Gasteiger partial charge in [0.2, 0.25) is 10.0 Å². The second-order valence-corrected chi connectivity index (χ2v) is 6.02. The standard InChI is InChI=1S/C11H13N5O4S/c1-15-11(12)8(6-13-15)7-14-21(19,20)10-4-2-9(3-5-10)16(17)18/h2-6,14H,7,12H2,1H3. The van der Waals surface area contributed by atoms with E-state index in [9.17, 15) is 18.5 Å². The van der Waals surface area contributed by atoms with E-state index in [2.05, 4.69) is 9.82 Å². The van der Waals surface area contributed by atoms with Crippen LogP contribution in [0.1, 0.15) is 5.56 Å². The summed E-state index contributed by atoms with van der Waals surface area (Å²) < 4.78 is 27.9. The van der Waals surface area contributed by atoms with Gasteiger partial charge in [0.25, 0.3) is 5.69 Å². The number of nitro groups is 1. The van der Waals surface area contributed by atoms with Gasteiger partial charge in [-0.2, -0.15) is 5.10 Å². The Morgan fingerprint density at radius 1 is 1.38 bits per heavy atom. The Kier molecular flexibility index (Phi) is 3.91. The molecule has 0 radical (unpaired) electrons. The average molecular weight is 311 g/mol. The monoisotopic (exact) mass is 311 g/mol. The fourth-order valence-electron chi connectivity index (χ4n) is 1.63. The maximum absolute atomic E-state index is 12.1. The summed E-state index contributed by atoms with van der Waals surface area (Å²) in [6.45, 7) is -0.0149. The van der Waals surface area contributed by atoms with Crippen molar-refractivity contribution in [1.82, 2.24) is 14.5 Å². The Labute approximate surface area is 120 Å². The van der Waals surface area contributed by atoms with Crippen molar-refractivity contribution in [2.24, 2.45) is 7.05 Å². The van der Waals surface area contributed by atoms with E-state index < -0.39 is 14.9 Å². The summed E-state index contributed by atoms with van der Waals surface area (Å²) in [6.07, 6.45) is 1.47. The van der Waals surface area contributed by atoms with Gasteiger partial charge >= 0.3 is 0 Å². The van der Waals surface area contributed by atoms with Crippen LogP contribution in [0.2, 0.25) is 0 Å². The van der Waals surface area contributed by atoms with Crippen molar-refractivity contribution in [1.29, 1.82) is 0 Å². The van der Waals surface area contributed by atoms with Gasteiger partial charge in [0.1, 0.15) is 5.82 Å². The van der Waals surface area contributed by atoms with Gasteiger partial charge in [-0.3, -0.25) is 14.8 Å². The summed E-state index contributed by atoms with van der Waals surface area (Å²) in [7, 11) is -2.13. The SMILES string of the molecule is Cn1ncc(CNS(=O)(=O)c2ccc([N+](=O)[O-])cc2)c1N. The minimum absolute atomic E-state index is 0.0149. The van der Waals surface area contributed by atoms with Gasteiger partial charge in [-0.15, -0.1) is 0 Å². The number of nitrogens with two attached hydrogens (primary N) is 1. The van der Waals surface area contributed by atoms with Crippen molar-refractivity contribution in [3.8, 4) is 0 Å². The van der Waals surface area contributed by atoms with Crippen LogP contribution >= 0.6 is 0 Å². The molecule has 0 spiro atoms. The first-order valence-corrected chi connectivity index (χ1v) is 7.30. The lowest BCUT2D eigenvalue weighted by Gasteiger charge is -2.06. The van der Waals surface area contributed by atoms with Gasteiger partial charge < -0.3 is 5.73 Å². The number of aryl methyl sites for hydroxylation is 1. The molecule has 0 amide bonds. The van der Waals surface area contributed by atoms with Crippen molar-refractivity contribution in [2.45, 2.75) is 11.4 Å². The zero-order valence-corrected chi connectivity index (χ0v) is 11.9. The van der Waals surface area contributed by atoms with E-state index in [0.29, 0.717) is 11.4 Å². The molecule has 0 bridgehead atoms. The highest BCUT2D eigenvalue weighted by Gasteiger charge is 2.16. The molecule has 0 aliphatic carbocycles. The molecule has 0 saturated carbocycles. The Hall–Kier alpha value is -2.46. The highest BCUT2D eigenvalue weighted by atomic mass is 32.2. The smallest absolute Gasteiger partial charge is 0.269 e. The minimum atomic E-state index is -3.77.